The maximum atomic E-state index is 12.9. The van der Waals surface area contributed by atoms with E-state index in [1.807, 2.05) is 35.2 Å². The smallest absolute Gasteiger partial charge is 0.272 e. The van der Waals surface area contributed by atoms with Gasteiger partial charge in [0.2, 0.25) is 0 Å². The van der Waals surface area contributed by atoms with Crippen molar-refractivity contribution in [2.24, 2.45) is 5.92 Å². The van der Waals surface area contributed by atoms with Crippen molar-refractivity contribution in [3.63, 3.8) is 0 Å². The van der Waals surface area contributed by atoms with E-state index in [4.69, 9.17) is 4.74 Å². The Bertz CT molecular complexity index is 697. The van der Waals surface area contributed by atoms with Gasteiger partial charge in [0.15, 0.2) is 0 Å². The van der Waals surface area contributed by atoms with E-state index in [2.05, 4.69) is 40.0 Å². The highest BCUT2D eigenvalue weighted by molar-refractivity contribution is 9.10. The number of aromatic amines is 1. The van der Waals surface area contributed by atoms with Crippen molar-refractivity contribution in [2.45, 2.75) is 26.3 Å². The molecule has 24 heavy (non-hydrogen) atoms. The molecule has 2 heterocycles. The van der Waals surface area contributed by atoms with Crippen molar-refractivity contribution in [2.75, 3.05) is 19.8 Å². The van der Waals surface area contributed by atoms with Crippen LogP contribution in [0.1, 0.15) is 30.8 Å². The van der Waals surface area contributed by atoms with Gasteiger partial charge in [-0.25, -0.2) is 0 Å². The van der Waals surface area contributed by atoms with Crippen LogP contribution < -0.4 is 0 Å². The summed E-state index contributed by atoms with van der Waals surface area (Å²) < 4.78 is 6.58. The maximum absolute atomic E-state index is 12.9. The molecule has 0 bridgehead atoms. The number of hydrogen-bond acceptors (Lipinski definition) is 3. The molecule has 3 rings (SSSR count). The third-order valence-electron chi connectivity index (χ3n) is 4.18. The zero-order valence-corrected chi connectivity index (χ0v) is 15.5. The van der Waals surface area contributed by atoms with Crippen molar-refractivity contribution in [3.05, 3.63) is 40.5 Å². The summed E-state index contributed by atoms with van der Waals surface area (Å²) in [7, 11) is 0. The molecule has 1 aliphatic rings. The monoisotopic (exact) mass is 391 g/mol. The Morgan fingerprint density at radius 1 is 1.42 bits per heavy atom. The zero-order chi connectivity index (χ0) is 17.1. The van der Waals surface area contributed by atoms with Crippen molar-refractivity contribution in [3.8, 4) is 11.3 Å². The lowest BCUT2D eigenvalue weighted by molar-refractivity contribution is -0.00776. The van der Waals surface area contributed by atoms with E-state index in [1.165, 1.54) is 0 Å². The molecule has 5 nitrogen and oxygen atoms in total. The van der Waals surface area contributed by atoms with Crippen LogP contribution in [-0.4, -0.2) is 46.8 Å². The van der Waals surface area contributed by atoms with Crippen LogP contribution in [-0.2, 0) is 4.74 Å². The average molecular weight is 392 g/mol. The Labute approximate surface area is 150 Å². The van der Waals surface area contributed by atoms with Crippen LogP contribution in [0.4, 0.5) is 0 Å². The van der Waals surface area contributed by atoms with Gasteiger partial charge >= 0.3 is 0 Å². The molecule has 1 fully saturated rings. The summed E-state index contributed by atoms with van der Waals surface area (Å²) in [5.74, 6) is 0.520. The first kappa shape index (κ1) is 17.2. The summed E-state index contributed by atoms with van der Waals surface area (Å²) >= 11 is 3.42. The van der Waals surface area contributed by atoms with Crippen LogP contribution in [0.3, 0.4) is 0 Å². The highest BCUT2D eigenvalue weighted by Gasteiger charge is 2.29. The van der Waals surface area contributed by atoms with Crippen molar-refractivity contribution >= 4 is 21.8 Å². The summed E-state index contributed by atoms with van der Waals surface area (Å²) in [5.41, 5.74) is 2.29. The Morgan fingerprint density at radius 3 is 2.88 bits per heavy atom. The third-order valence-corrected chi connectivity index (χ3v) is 4.71. The van der Waals surface area contributed by atoms with Gasteiger partial charge in [-0.05, 0) is 30.5 Å². The molecule has 0 radical (unpaired) electrons. The molecule has 128 valence electrons. The van der Waals surface area contributed by atoms with Gasteiger partial charge in [-0.3, -0.25) is 9.89 Å². The van der Waals surface area contributed by atoms with Crippen LogP contribution in [0.2, 0.25) is 0 Å². The molecule has 1 unspecified atom stereocenters. The molecule has 6 heteroatoms. The fourth-order valence-electron chi connectivity index (χ4n) is 3.02. The number of nitrogens with zero attached hydrogens (tertiary/aromatic N) is 2. The Kier molecular flexibility index (Phi) is 5.36. The number of rotatable bonds is 4. The summed E-state index contributed by atoms with van der Waals surface area (Å²) in [6.07, 6.45) is 0.944. The first-order chi connectivity index (χ1) is 11.5. The third kappa shape index (κ3) is 3.87. The minimum Gasteiger partial charge on any atom is -0.377 e. The van der Waals surface area contributed by atoms with E-state index in [9.17, 15) is 4.79 Å². The van der Waals surface area contributed by atoms with Gasteiger partial charge in [0.25, 0.3) is 5.91 Å². The Hall–Kier alpha value is -1.66. The Morgan fingerprint density at radius 2 is 2.17 bits per heavy atom. The first-order valence-electron chi connectivity index (χ1n) is 8.24. The van der Waals surface area contributed by atoms with Gasteiger partial charge in [0, 0.05) is 16.6 Å². The SMILES string of the molecule is CC(C)CC1COCCN1C(=O)c1cc(-c2ccc(Br)cc2)n[nH]1. The number of amides is 1. The van der Waals surface area contributed by atoms with E-state index in [-0.39, 0.29) is 11.9 Å². The van der Waals surface area contributed by atoms with Gasteiger partial charge in [-0.15, -0.1) is 0 Å². The first-order valence-corrected chi connectivity index (χ1v) is 9.04. The number of H-pyrrole nitrogens is 1. The second-order valence-electron chi connectivity index (χ2n) is 6.53. The molecule has 1 saturated heterocycles. The summed E-state index contributed by atoms with van der Waals surface area (Å²) in [6, 6.07) is 9.84. The van der Waals surface area contributed by atoms with Crippen molar-refractivity contribution in [1.82, 2.24) is 15.1 Å². The second kappa shape index (κ2) is 7.49. The van der Waals surface area contributed by atoms with Crippen LogP contribution in [0, 0.1) is 5.92 Å². The molecule has 1 amide bonds. The summed E-state index contributed by atoms with van der Waals surface area (Å²) in [5, 5.41) is 7.19. The summed E-state index contributed by atoms with van der Waals surface area (Å²) in [4.78, 5) is 14.8. The number of aromatic nitrogens is 2. The predicted octanol–water partition coefficient (Wildman–Crippen LogP) is 3.73. The Balaban J connectivity index is 1.78. The maximum Gasteiger partial charge on any atom is 0.272 e. The zero-order valence-electron chi connectivity index (χ0n) is 14.0. The average Bonchev–Trinajstić information content (AvgIpc) is 3.05. The lowest BCUT2D eigenvalue weighted by atomic mass is 10.0. The molecular formula is C18H22BrN3O2. The van der Waals surface area contributed by atoms with Crippen LogP contribution >= 0.6 is 15.9 Å². The fourth-order valence-corrected chi connectivity index (χ4v) is 3.28. The molecule has 1 aliphatic heterocycles. The number of carbonyl (C=O) groups is 1. The lowest BCUT2D eigenvalue weighted by Crippen LogP contribution is -2.49. The topological polar surface area (TPSA) is 58.2 Å². The van der Waals surface area contributed by atoms with E-state index in [0.29, 0.717) is 31.4 Å². The van der Waals surface area contributed by atoms with Crippen molar-refractivity contribution in [1.29, 1.82) is 0 Å². The molecule has 1 N–H and O–H groups in total. The quantitative estimate of drug-likeness (QED) is 0.863. The van der Waals surface area contributed by atoms with Crippen molar-refractivity contribution < 1.29 is 9.53 Å². The minimum atomic E-state index is -0.000174. The molecule has 2 aromatic rings. The van der Waals surface area contributed by atoms with E-state index in [0.717, 1.165) is 22.2 Å². The van der Waals surface area contributed by atoms with Gasteiger partial charge in [0.05, 0.1) is 24.9 Å². The molecule has 1 atom stereocenters. The standard InChI is InChI=1S/C18H22BrN3O2/c1-12(2)9-15-11-24-8-7-22(15)18(23)17-10-16(20-21-17)13-3-5-14(19)6-4-13/h3-6,10,12,15H,7-9,11H2,1-2H3,(H,20,21). The number of carbonyl (C=O) groups excluding carboxylic acids is 1. The largest absolute Gasteiger partial charge is 0.377 e. The fraction of sp³-hybridized carbons (Fsp3) is 0.444. The molecule has 0 spiro atoms. The molecule has 0 saturated carbocycles. The molecule has 1 aromatic heterocycles. The van der Waals surface area contributed by atoms with Crippen LogP contribution in [0.25, 0.3) is 11.3 Å². The lowest BCUT2D eigenvalue weighted by Gasteiger charge is -2.36. The molecule has 0 aliphatic carbocycles. The highest BCUT2D eigenvalue weighted by atomic mass is 79.9. The molecule has 1 aromatic carbocycles. The van der Waals surface area contributed by atoms with Crippen LogP contribution in [0.15, 0.2) is 34.8 Å². The number of morpholine rings is 1. The number of hydrogen-bond donors (Lipinski definition) is 1. The van der Waals surface area contributed by atoms with E-state index in [1.54, 1.807) is 0 Å². The predicted molar refractivity (Wildman–Crippen MR) is 96.8 cm³/mol. The van der Waals surface area contributed by atoms with Crippen LogP contribution in [0.5, 0.6) is 0 Å². The summed E-state index contributed by atoms with van der Waals surface area (Å²) in [6.45, 7) is 6.16. The van der Waals surface area contributed by atoms with E-state index < -0.39 is 0 Å². The highest BCUT2D eigenvalue weighted by Crippen LogP contribution is 2.22. The van der Waals surface area contributed by atoms with Gasteiger partial charge in [-0.1, -0.05) is 41.9 Å². The normalized spacial score (nSPS) is 18.2. The number of benzene rings is 1. The number of ether oxygens (including phenoxy) is 1. The minimum absolute atomic E-state index is 0.000174. The van der Waals surface area contributed by atoms with Gasteiger partial charge in [-0.2, -0.15) is 5.10 Å². The van der Waals surface area contributed by atoms with E-state index >= 15 is 0 Å². The number of halogens is 1. The second-order valence-corrected chi connectivity index (χ2v) is 7.45. The molecular weight excluding hydrogens is 370 g/mol. The van der Waals surface area contributed by atoms with Gasteiger partial charge in [0.1, 0.15) is 5.69 Å². The number of nitrogens with one attached hydrogen (secondary N) is 1. The van der Waals surface area contributed by atoms with Gasteiger partial charge < -0.3 is 9.64 Å².